The van der Waals surface area contributed by atoms with Crippen LogP contribution in [0.2, 0.25) is 8.94 Å². The molecule has 0 N–H and O–H groups in total. The minimum absolute atomic E-state index is 0.207. The molecule has 0 saturated carbocycles. The van der Waals surface area contributed by atoms with E-state index in [1.807, 2.05) is 0 Å². The molecule has 0 saturated heterocycles. The standard InChI is InChI=1S/C8H16OTe/c1-3-4-6-10-7-5-8(2)9/h3-7H2,1-2H3. The van der Waals surface area contributed by atoms with Crippen LogP contribution in [0.5, 0.6) is 0 Å². The Balaban J connectivity index is 2.84. The number of hydrogen-bond acceptors (Lipinski definition) is 1. The summed E-state index contributed by atoms with van der Waals surface area (Å²) in [7, 11) is 0. The average molecular weight is 256 g/mol. The Labute approximate surface area is 73.7 Å². The van der Waals surface area contributed by atoms with Gasteiger partial charge in [-0.2, -0.15) is 0 Å². The summed E-state index contributed by atoms with van der Waals surface area (Å²) in [6.07, 6.45) is 3.52. The van der Waals surface area contributed by atoms with E-state index < -0.39 is 0 Å². The third kappa shape index (κ3) is 8.46. The van der Waals surface area contributed by atoms with Crippen LogP contribution < -0.4 is 0 Å². The van der Waals surface area contributed by atoms with Crippen LogP contribution in [-0.2, 0) is 4.79 Å². The summed E-state index contributed by atoms with van der Waals surface area (Å²) in [5.41, 5.74) is 0. The molecule has 0 bridgehead atoms. The Bertz CT molecular complexity index is 91.3. The molecule has 0 aliphatic rings. The first kappa shape index (κ1) is 10.5. The van der Waals surface area contributed by atoms with Crippen molar-refractivity contribution in [2.45, 2.75) is 42.0 Å². The molecule has 0 heterocycles. The van der Waals surface area contributed by atoms with Gasteiger partial charge < -0.3 is 0 Å². The number of hydrogen-bond donors (Lipinski definition) is 0. The topological polar surface area (TPSA) is 17.1 Å². The zero-order chi connectivity index (χ0) is 7.82. The first-order valence-corrected chi connectivity index (χ1v) is 7.14. The molecule has 0 fully saturated rings. The molecule has 0 aromatic carbocycles. The summed E-state index contributed by atoms with van der Waals surface area (Å²) in [6.45, 7) is 3.91. The van der Waals surface area contributed by atoms with Crippen molar-refractivity contribution in [3.63, 3.8) is 0 Å². The normalized spacial score (nSPS) is 9.80. The van der Waals surface area contributed by atoms with Crippen molar-refractivity contribution in [1.82, 2.24) is 0 Å². The van der Waals surface area contributed by atoms with E-state index >= 15 is 0 Å². The van der Waals surface area contributed by atoms with Gasteiger partial charge in [-0.05, 0) is 0 Å². The fourth-order valence-corrected chi connectivity index (χ4v) is 3.79. The van der Waals surface area contributed by atoms with Crippen molar-refractivity contribution in [3.05, 3.63) is 0 Å². The van der Waals surface area contributed by atoms with Gasteiger partial charge in [0.1, 0.15) is 0 Å². The van der Waals surface area contributed by atoms with Gasteiger partial charge in [-0.15, -0.1) is 0 Å². The van der Waals surface area contributed by atoms with Crippen LogP contribution in [0.1, 0.15) is 33.1 Å². The van der Waals surface area contributed by atoms with E-state index in [1.54, 1.807) is 6.92 Å². The van der Waals surface area contributed by atoms with Gasteiger partial charge in [-0.3, -0.25) is 0 Å². The Hall–Kier alpha value is 0.460. The predicted octanol–water partition coefficient (Wildman–Crippen LogP) is 2.31. The van der Waals surface area contributed by atoms with Crippen molar-refractivity contribution >= 4 is 26.7 Å². The Kier molecular flexibility index (Phi) is 7.91. The van der Waals surface area contributed by atoms with Gasteiger partial charge in [0.2, 0.25) is 0 Å². The molecule has 1 nitrogen and oxygen atoms in total. The number of unbranched alkanes of at least 4 members (excludes halogenated alkanes) is 1. The monoisotopic (exact) mass is 258 g/mol. The van der Waals surface area contributed by atoms with Crippen LogP contribution in [0, 0.1) is 0 Å². The SMILES string of the molecule is CCCC[Te]CCC(C)=O. The second kappa shape index (κ2) is 7.57. The van der Waals surface area contributed by atoms with Crippen LogP contribution in [0.25, 0.3) is 0 Å². The van der Waals surface area contributed by atoms with Gasteiger partial charge >= 0.3 is 73.5 Å². The maximum absolute atomic E-state index is 10.5. The Morgan fingerprint density at radius 1 is 1.40 bits per heavy atom. The molecule has 0 aromatic rings. The summed E-state index contributed by atoms with van der Waals surface area (Å²) >= 11 is 0.207. The average Bonchev–Trinajstić information content (AvgIpc) is 1.87. The Morgan fingerprint density at radius 2 is 2.10 bits per heavy atom. The zero-order valence-electron chi connectivity index (χ0n) is 6.85. The van der Waals surface area contributed by atoms with E-state index in [0.717, 1.165) is 6.42 Å². The van der Waals surface area contributed by atoms with Crippen molar-refractivity contribution in [2.24, 2.45) is 0 Å². The first-order chi connectivity index (χ1) is 4.77. The second-order valence-electron chi connectivity index (χ2n) is 2.42. The summed E-state index contributed by atoms with van der Waals surface area (Å²) in [5, 5.41) is 0. The molecule has 0 spiro atoms. The van der Waals surface area contributed by atoms with E-state index in [1.165, 1.54) is 21.8 Å². The molecule has 0 aromatic heterocycles. The number of rotatable bonds is 6. The number of Topliss-reactive ketones (excluding diaryl/α,β-unsaturated/α-hetero) is 1. The van der Waals surface area contributed by atoms with Crippen LogP contribution >= 0.6 is 0 Å². The number of carbonyl (C=O) groups excluding carboxylic acids is 1. The molecule has 0 aliphatic carbocycles. The number of carbonyl (C=O) groups is 1. The maximum atomic E-state index is 10.5. The number of ketones is 1. The predicted molar refractivity (Wildman–Crippen MR) is 45.6 cm³/mol. The van der Waals surface area contributed by atoms with E-state index in [4.69, 9.17) is 0 Å². The molecular weight excluding hydrogens is 240 g/mol. The quantitative estimate of drug-likeness (QED) is 0.526. The Morgan fingerprint density at radius 3 is 2.60 bits per heavy atom. The zero-order valence-corrected chi connectivity index (χ0v) is 9.18. The van der Waals surface area contributed by atoms with E-state index in [-0.39, 0.29) is 20.9 Å². The minimum atomic E-state index is 0.207. The van der Waals surface area contributed by atoms with Crippen molar-refractivity contribution in [3.8, 4) is 0 Å². The van der Waals surface area contributed by atoms with E-state index in [2.05, 4.69) is 6.92 Å². The molecule has 2 heteroatoms. The van der Waals surface area contributed by atoms with Crippen LogP contribution in [0.15, 0.2) is 0 Å². The fourth-order valence-electron chi connectivity index (χ4n) is 0.564. The molecule has 10 heavy (non-hydrogen) atoms. The fraction of sp³-hybridized carbons (Fsp3) is 0.875. The molecular formula is C8H16OTe. The first-order valence-electron chi connectivity index (χ1n) is 3.84. The molecule has 60 valence electrons. The van der Waals surface area contributed by atoms with Gasteiger partial charge in [0.15, 0.2) is 0 Å². The van der Waals surface area contributed by atoms with Gasteiger partial charge in [0.25, 0.3) is 0 Å². The van der Waals surface area contributed by atoms with Crippen molar-refractivity contribution in [2.75, 3.05) is 0 Å². The summed E-state index contributed by atoms with van der Waals surface area (Å²) in [6, 6.07) is 0. The van der Waals surface area contributed by atoms with Crippen molar-refractivity contribution < 1.29 is 4.79 Å². The molecule has 0 amide bonds. The van der Waals surface area contributed by atoms with Gasteiger partial charge in [-0.25, -0.2) is 0 Å². The third-order valence-corrected chi connectivity index (χ3v) is 4.30. The van der Waals surface area contributed by atoms with Crippen molar-refractivity contribution in [1.29, 1.82) is 0 Å². The van der Waals surface area contributed by atoms with Crippen LogP contribution in [0.4, 0.5) is 0 Å². The van der Waals surface area contributed by atoms with E-state index in [0.29, 0.717) is 5.78 Å². The summed E-state index contributed by atoms with van der Waals surface area (Å²) in [5.74, 6) is 0.363. The molecule has 0 atom stereocenters. The van der Waals surface area contributed by atoms with Crippen LogP contribution in [-0.4, -0.2) is 26.7 Å². The molecule has 0 unspecified atom stereocenters. The van der Waals surface area contributed by atoms with Gasteiger partial charge in [-0.1, -0.05) is 0 Å². The molecule has 0 rings (SSSR count). The van der Waals surface area contributed by atoms with Crippen LogP contribution in [0.3, 0.4) is 0 Å². The van der Waals surface area contributed by atoms with Gasteiger partial charge in [0, 0.05) is 0 Å². The summed E-state index contributed by atoms with van der Waals surface area (Å²) < 4.78 is 2.65. The summed E-state index contributed by atoms with van der Waals surface area (Å²) in [4.78, 5) is 10.5. The molecule has 0 radical (unpaired) electrons. The van der Waals surface area contributed by atoms with Gasteiger partial charge in [0.05, 0.1) is 0 Å². The third-order valence-electron chi connectivity index (χ3n) is 1.24. The second-order valence-corrected chi connectivity index (χ2v) is 5.91. The molecule has 0 aliphatic heterocycles. The van der Waals surface area contributed by atoms with E-state index in [9.17, 15) is 4.79 Å².